The van der Waals surface area contributed by atoms with E-state index in [1.165, 1.54) is 39.3 Å². The summed E-state index contributed by atoms with van der Waals surface area (Å²) >= 11 is 0. The minimum Gasteiger partial charge on any atom is -0.497 e. The Kier molecular flexibility index (Phi) is 4.02. The molecule has 0 radical (unpaired) electrons. The van der Waals surface area contributed by atoms with Crippen molar-refractivity contribution in [2.24, 2.45) is 0 Å². The number of fused-ring (bicyclic) bond motifs is 3. The van der Waals surface area contributed by atoms with Gasteiger partial charge < -0.3 is 4.74 Å². The Morgan fingerprint density at radius 1 is 0.690 bits per heavy atom. The van der Waals surface area contributed by atoms with E-state index in [1.807, 2.05) is 12.1 Å². The van der Waals surface area contributed by atoms with Crippen LogP contribution in [0.25, 0.3) is 28.1 Å². The average molecular weight is 378 g/mol. The molecule has 2 heterocycles. The predicted octanol–water partition coefficient (Wildman–Crippen LogP) is 5.95. The molecule has 0 saturated carbocycles. The molecule has 0 atom stereocenters. The highest BCUT2D eigenvalue weighted by molar-refractivity contribution is 5.71. The van der Waals surface area contributed by atoms with E-state index in [9.17, 15) is 0 Å². The number of hydrogen-bond acceptors (Lipinski definition) is 1. The summed E-state index contributed by atoms with van der Waals surface area (Å²) in [6.07, 6.45) is 0. The SMILES string of the molecule is COc1ccc(-c2cc(-c3ccccc3)cc3[n+]2-c2ccccc2C3(C)C)cc1. The van der Waals surface area contributed by atoms with E-state index in [1.54, 1.807) is 7.11 Å². The standard InChI is InChI=1S/C27H24NO/c1-27(2)23-11-7-8-12-24(23)28-25(20-13-15-22(29-3)16-14-20)17-21(18-26(27)28)19-9-5-4-6-10-19/h4-18H,1-3H3/q+1. The maximum Gasteiger partial charge on any atom is 0.219 e. The largest absolute Gasteiger partial charge is 0.497 e. The van der Waals surface area contributed by atoms with Crippen LogP contribution in [0.1, 0.15) is 25.1 Å². The molecule has 0 aliphatic carbocycles. The predicted molar refractivity (Wildman–Crippen MR) is 118 cm³/mol. The van der Waals surface area contributed by atoms with Gasteiger partial charge in [0, 0.05) is 29.3 Å². The number of pyridine rings is 1. The molecule has 1 aromatic heterocycles. The van der Waals surface area contributed by atoms with E-state index in [-0.39, 0.29) is 5.41 Å². The quantitative estimate of drug-likeness (QED) is 0.402. The van der Waals surface area contributed by atoms with Gasteiger partial charge in [0.05, 0.1) is 12.5 Å². The molecule has 29 heavy (non-hydrogen) atoms. The second-order valence-electron chi connectivity index (χ2n) is 8.09. The first kappa shape index (κ1) is 17.7. The van der Waals surface area contributed by atoms with Gasteiger partial charge in [-0.1, -0.05) is 48.5 Å². The van der Waals surface area contributed by atoms with Crippen LogP contribution in [-0.4, -0.2) is 7.11 Å². The summed E-state index contributed by atoms with van der Waals surface area (Å²) in [5, 5.41) is 0. The third kappa shape index (κ3) is 2.75. The first-order valence-corrected chi connectivity index (χ1v) is 10.00. The van der Waals surface area contributed by atoms with Crippen LogP contribution in [0.15, 0.2) is 91.0 Å². The maximum absolute atomic E-state index is 5.37. The van der Waals surface area contributed by atoms with Crippen molar-refractivity contribution < 1.29 is 9.30 Å². The lowest BCUT2D eigenvalue weighted by Gasteiger charge is -2.15. The van der Waals surface area contributed by atoms with Gasteiger partial charge in [-0.15, -0.1) is 0 Å². The van der Waals surface area contributed by atoms with E-state index in [0.29, 0.717) is 0 Å². The molecular weight excluding hydrogens is 354 g/mol. The van der Waals surface area contributed by atoms with Gasteiger partial charge in [0.15, 0.2) is 5.69 Å². The van der Waals surface area contributed by atoms with Crippen LogP contribution in [0, 0.1) is 0 Å². The highest BCUT2D eigenvalue weighted by Gasteiger charge is 2.45. The number of nitrogens with zero attached hydrogens (tertiary/aromatic N) is 1. The van der Waals surface area contributed by atoms with Crippen molar-refractivity contribution in [3.8, 4) is 33.8 Å². The Hall–Kier alpha value is -3.39. The van der Waals surface area contributed by atoms with Gasteiger partial charge in [-0.2, -0.15) is 4.57 Å². The van der Waals surface area contributed by atoms with Crippen LogP contribution >= 0.6 is 0 Å². The Labute approximate surface area is 172 Å². The minimum atomic E-state index is -0.0669. The molecule has 142 valence electrons. The third-order valence-corrected chi connectivity index (χ3v) is 6.02. The van der Waals surface area contributed by atoms with E-state index in [2.05, 4.69) is 97.3 Å². The number of para-hydroxylation sites is 1. The van der Waals surface area contributed by atoms with Gasteiger partial charge in [-0.05, 0) is 49.2 Å². The summed E-state index contributed by atoms with van der Waals surface area (Å²) in [4.78, 5) is 0. The zero-order chi connectivity index (χ0) is 20.0. The van der Waals surface area contributed by atoms with Crippen molar-refractivity contribution in [2.45, 2.75) is 19.3 Å². The molecular formula is C27H24NO+. The van der Waals surface area contributed by atoms with Crippen molar-refractivity contribution in [1.82, 2.24) is 0 Å². The van der Waals surface area contributed by atoms with E-state index < -0.39 is 0 Å². The Morgan fingerprint density at radius 2 is 1.38 bits per heavy atom. The fourth-order valence-corrected chi connectivity index (χ4v) is 4.42. The molecule has 0 bridgehead atoms. The fourth-order valence-electron chi connectivity index (χ4n) is 4.42. The molecule has 2 nitrogen and oxygen atoms in total. The van der Waals surface area contributed by atoms with E-state index in [0.717, 1.165) is 5.75 Å². The van der Waals surface area contributed by atoms with Crippen LogP contribution in [0.3, 0.4) is 0 Å². The molecule has 1 aliphatic rings. The topological polar surface area (TPSA) is 13.1 Å². The lowest BCUT2D eigenvalue weighted by atomic mass is 9.82. The van der Waals surface area contributed by atoms with Gasteiger partial charge in [0.25, 0.3) is 0 Å². The fraction of sp³-hybridized carbons (Fsp3) is 0.148. The van der Waals surface area contributed by atoms with Gasteiger partial charge in [-0.25, -0.2) is 0 Å². The van der Waals surface area contributed by atoms with Gasteiger partial charge in [0.2, 0.25) is 11.4 Å². The highest BCUT2D eigenvalue weighted by Crippen LogP contribution is 2.41. The van der Waals surface area contributed by atoms with Gasteiger partial charge >= 0.3 is 0 Å². The van der Waals surface area contributed by atoms with Gasteiger partial charge in [-0.3, -0.25) is 0 Å². The van der Waals surface area contributed by atoms with Crippen LogP contribution in [-0.2, 0) is 5.41 Å². The summed E-state index contributed by atoms with van der Waals surface area (Å²) in [6, 6.07) is 32.4. The van der Waals surface area contributed by atoms with Crippen molar-refractivity contribution in [3.63, 3.8) is 0 Å². The molecule has 5 rings (SSSR count). The molecule has 1 aliphatic heterocycles. The molecule has 2 heteroatoms. The molecule has 0 N–H and O–H groups in total. The molecule has 4 aromatic rings. The molecule has 0 unspecified atom stereocenters. The van der Waals surface area contributed by atoms with Crippen molar-refractivity contribution in [1.29, 1.82) is 0 Å². The Bertz CT molecular complexity index is 1190. The smallest absolute Gasteiger partial charge is 0.219 e. The lowest BCUT2D eigenvalue weighted by molar-refractivity contribution is -0.588. The summed E-state index contributed by atoms with van der Waals surface area (Å²) in [6.45, 7) is 4.63. The number of ether oxygens (including phenoxy) is 1. The molecule has 0 fully saturated rings. The average Bonchev–Trinajstić information content (AvgIpc) is 3.01. The van der Waals surface area contributed by atoms with Crippen LogP contribution in [0.2, 0.25) is 0 Å². The summed E-state index contributed by atoms with van der Waals surface area (Å²) in [5.74, 6) is 0.871. The Balaban J connectivity index is 1.83. The summed E-state index contributed by atoms with van der Waals surface area (Å²) in [7, 11) is 1.70. The second kappa shape index (κ2) is 6.59. The number of benzene rings is 3. The van der Waals surface area contributed by atoms with Crippen LogP contribution in [0.5, 0.6) is 5.75 Å². The lowest BCUT2D eigenvalue weighted by Crippen LogP contribution is -2.37. The molecule has 3 aromatic carbocycles. The second-order valence-corrected chi connectivity index (χ2v) is 8.09. The first-order valence-electron chi connectivity index (χ1n) is 10.00. The summed E-state index contributed by atoms with van der Waals surface area (Å²) < 4.78 is 7.79. The minimum absolute atomic E-state index is 0.0669. The van der Waals surface area contributed by atoms with Crippen LogP contribution < -0.4 is 9.30 Å². The third-order valence-electron chi connectivity index (χ3n) is 6.02. The van der Waals surface area contributed by atoms with E-state index in [4.69, 9.17) is 4.74 Å². The van der Waals surface area contributed by atoms with Gasteiger partial charge in [0.1, 0.15) is 5.75 Å². The van der Waals surface area contributed by atoms with Crippen LogP contribution in [0.4, 0.5) is 0 Å². The number of rotatable bonds is 3. The Morgan fingerprint density at radius 3 is 2.10 bits per heavy atom. The maximum atomic E-state index is 5.37. The van der Waals surface area contributed by atoms with Crippen molar-refractivity contribution in [2.75, 3.05) is 7.11 Å². The number of aromatic nitrogens is 1. The van der Waals surface area contributed by atoms with E-state index >= 15 is 0 Å². The number of hydrogen-bond donors (Lipinski definition) is 0. The number of methoxy groups -OCH3 is 1. The first-order chi connectivity index (χ1) is 14.1. The molecule has 0 amide bonds. The van der Waals surface area contributed by atoms with Crippen molar-refractivity contribution in [3.05, 3.63) is 102 Å². The van der Waals surface area contributed by atoms with Crippen molar-refractivity contribution >= 4 is 0 Å². The zero-order valence-electron chi connectivity index (χ0n) is 17.0. The molecule has 0 saturated heterocycles. The zero-order valence-corrected chi connectivity index (χ0v) is 17.0. The monoisotopic (exact) mass is 378 g/mol. The normalized spacial score (nSPS) is 13.6. The highest BCUT2D eigenvalue weighted by atomic mass is 16.5. The molecule has 0 spiro atoms. The summed E-state index contributed by atoms with van der Waals surface area (Å²) in [5.41, 5.74) is 8.71.